The van der Waals surface area contributed by atoms with Crippen LogP contribution in [0.2, 0.25) is 0 Å². The van der Waals surface area contributed by atoms with Crippen LogP contribution in [0.25, 0.3) is 0 Å². The quantitative estimate of drug-likeness (QED) is 0.830. The smallest absolute Gasteiger partial charge is 0.387 e. The first-order chi connectivity index (χ1) is 10.5. The Bertz CT molecular complexity index is 602. The van der Waals surface area contributed by atoms with Crippen molar-refractivity contribution in [3.63, 3.8) is 0 Å². The predicted molar refractivity (Wildman–Crippen MR) is 82.3 cm³/mol. The molecule has 0 fully saturated rings. The van der Waals surface area contributed by atoms with Gasteiger partial charge in [-0.15, -0.1) is 11.3 Å². The first kappa shape index (κ1) is 16.4. The highest BCUT2D eigenvalue weighted by atomic mass is 32.1. The van der Waals surface area contributed by atoms with E-state index >= 15 is 0 Å². The third kappa shape index (κ3) is 5.11. The summed E-state index contributed by atoms with van der Waals surface area (Å²) < 4.78 is 28.8. The summed E-state index contributed by atoms with van der Waals surface area (Å²) in [5.74, 6) is 0.0215. The van der Waals surface area contributed by atoms with Crippen LogP contribution >= 0.6 is 11.3 Å². The highest BCUT2D eigenvalue weighted by molar-refractivity contribution is 7.09. The zero-order chi connectivity index (χ0) is 15.9. The maximum atomic E-state index is 12.2. The van der Waals surface area contributed by atoms with Crippen LogP contribution in [0.15, 0.2) is 41.8 Å². The van der Waals surface area contributed by atoms with Gasteiger partial charge in [0.05, 0.1) is 6.04 Å². The van der Waals surface area contributed by atoms with Gasteiger partial charge >= 0.3 is 6.61 Å². The van der Waals surface area contributed by atoms with Gasteiger partial charge in [-0.1, -0.05) is 18.2 Å². The van der Waals surface area contributed by atoms with Gasteiger partial charge in [0.1, 0.15) is 5.75 Å². The van der Waals surface area contributed by atoms with Gasteiger partial charge in [0.25, 0.3) is 0 Å². The number of rotatable bonds is 7. The molecule has 22 heavy (non-hydrogen) atoms. The second-order valence-electron chi connectivity index (χ2n) is 4.82. The fourth-order valence-electron chi connectivity index (χ4n) is 2.05. The molecule has 1 N–H and O–H groups in total. The summed E-state index contributed by atoms with van der Waals surface area (Å²) in [7, 11) is 0. The van der Waals surface area contributed by atoms with E-state index in [9.17, 15) is 13.6 Å². The molecule has 2 rings (SSSR count). The zero-order valence-electron chi connectivity index (χ0n) is 12.1. The maximum absolute atomic E-state index is 12.2. The lowest BCUT2D eigenvalue weighted by Crippen LogP contribution is -2.26. The van der Waals surface area contributed by atoms with Crippen molar-refractivity contribution in [3.8, 4) is 5.75 Å². The Morgan fingerprint density at radius 2 is 2.14 bits per heavy atom. The van der Waals surface area contributed by atoms with Crippen LogP contribution in [-0.4, -0.2) is 12.5 Å². The standard InChI is InChI=1S/C16H17F2NO2S/c1-11(12-4-2-5-13(10-12)21-16(17)18)19-15(20)8-7-14-6-3-9-22-14/h2-6,9-11,16H,7-8H2,1H3,(H,19,20). The Kier molecular flexibility index (Phi) is 5.89. The molecule has 0 aliphatic carbocycles. The summed E-state index contributed by atoms with van der Waals surface area (Å²) in [5.41, 5.74) is 0.725. The number of amides is 1. The van der Waals surface area contributed by atoms with Gasteiger partial charge in [0.15, 0.2) is 0 Å². The lowest BCUT2D eigenvalue weighted by molar-refractivity contribution is -0.121. The van der Waals surface area contributed by atoms with Crippen molar-refractivity contribution >= 4 is 17.2 Å². The molecular formula is C16H17F2NO2S. The highest BCUT2D eigenvalue weighted by Gasteiger charge is 2.12. The van der Waals surface area contributed by atoms with Gasteiger partial charge in [-0.05, 0) is 42.5 Å². The van der Waals surface area contributed by atoms with Crippen molar-refractivity contribution in [1.82, 2.24) is 5.32 Å². The first-order valence-electron chi connectivity index (χ1n) is 6.91. The van der Waals surface area contributed by atoms with Crippen LogP contribution in [0.3, 0.4) is 0 Å². The normalized spacial score (nSPS) is 12.2. The molecule has 2 aromatic rings. The van der Waals surface area contributed by atoms with E-state index in [1.807, 2.05) is 24.4 Å². The number of ether oxygens (including phenoxy) is 1. The third-order valence-corrected chi connectivity index (χ3v) is 4.08. The molecule has 3 nitrogen and oxygen atoms in total. The number of hydrogen-bond acceptors (Lipinski definition) is 3. The zero-order valence-corrected chi connectivity index (χ0v) is 12.9. The number of aryl methyl sites for hydroxylation is 1. The largest absolute Gasteiger partial charge is 0.435 e. The number of halogens is 2. The summed E-state index contributed by atoms with van der Waals surface area (Å²) in [5, 5.41) is 4.84. The van der Waals surface area contributed by atoms with E-state index in [1.54, 1.807) is 23.5 Å². The van der Waals surface area contributed by atoms with E-state index in [0.717, 1.165) is 10.4 Å². The summed E-state index contributed by atoms with van der Waals surface area (Å²) in [6.07, 6.45) is 1.10. The molecular weight excluding hydrogens is 308 g/mol. The number of alkyl halides is 2. The molecule has 0 bridgehead atoms. The number of carbonyl (C=O) groups excluding carboxylic acids is 1. The van der Waals surface area contributed by atoms with Crippen LogP contribution < -0.4 is 10.1 Å². The molecule has 1 heterocycles. The number of nitrogens with one attached hydrogen (secondary N) is 1. The Morgan fingerprint density at radius 3 is 2.82 bits per heavy atom. The molecule has 118 valence electrons. The number of hydrogen-bond donors (Lipinski definition) is 1. The molecule has 6 heteroatoms. The van der Waals surface area contributed by atoms with Gasteiger partial charge in [-0.25, -0.2) is 0 Å². The third-order valence-electron chi connectivity index (χ3n) is 3.14. The Labute approximate surface area is 131 Å². The molecule has 0 aliphatic heterocycles. The first-order valence-corrected chi connectivity index (χ1v) is 7.79. The van der Waals surface area contributed by atoms with Gasteiger partial charge in [0.2, 0.25) is 5.91 Å². The van der Waals surface area contributed by atoms with Crippen LogP contribution in [0.1, 0.15) is 29.8 Å². The number of benzene rings is 1. The SMILES string of the molecule is CC(NC(=O)CCc1cccs1)c1cccc(OC(F)F)c1. The number of carbonyl (C=O) groups is 1. The fourth-order valence-corrected chi connectivity index (χ4v) is 2.76. The van der Waals surface area contributed by atoms with Crippen molar-refractivity contribution in [2.75, 3.05) is 0 Å². The minimum absolute atomic E-state index is 0.0684. The molecule has 1 atom stereocenters. The monoisotopic (exact) mass is 325 g/mol. The Balaban J connectivity index is 1.88. The van der Waals surface area contributed by atoms with Crippen molar-refractivity contribution < 1.29 is 18.3 Å². The van der Waals surface area contributed by atoms with Crippen LogP contribution in [-0.2, 0) is 11.2 Å². The van der Waals surface area contributed by atoms with Gasteiger partial charge in [-0.3, -0.25) is 4.79 Å². The van der Waals surface area contributed by atoms with Crippen molar-refractivity contribution in [1.29, 1.82) is 0 Å². The van der Waals surface area contributed by atoms with Gasteiger partial charge < -0.3 is 10.1 Å². The molecule has 1 unspecified atom stereocenters. The molecule has 0 spiro atoms. The second-order valence-corrected chi connectivity index (χ2v) is 5.85. The van der Waals surface area contributed by atoms with E-state index in [-0.39, 0.29) is 17.7 Å². The molecule has 0 saturated carbocycles. The lowest BCUT2D eigenvalue weighted by Gasteiger charge is -2.15. The van der Waals surface area contributed by atoms with Crippen molar-refractivity contribution in [2.24, 2.45) is 0 Å². The summed E-state index contributed by atoms with van der Waals surface area (Å²) >= 11 is 1.62. The minimum Gasteiger partial charge on any atom is -0.435 e. The van der Waals surface area contributed by atoms with Crippen molar-refractivity contribution in [3.05, 3.63) is 52.2 Å². The molecule has 0 aliphatic rings. The van der Waals surface area contributed by atoms with E-state index in [4.69, 9.17) is 0 Å². The van der Waals surface area contributed by atoms with Gasteiger partial charge in [-0.2, -0.15) is 8.78 Å². The van der Waals surface area contributed by atoms with E-state index < -0.39 is 6.61 Å². The van der Waals surface area contributed by atoms with Crippen LogP contribution in [0.4, 0.5) is 8.78 Å². The molecule has 1 aromatic carbocycles. The Morgan fingerprint density at radius 1 is 1.32 bits per heavy atom. The predicted octanol–water partition coefficient (Wildman–Crippen LogP) is 4.16. The van der Waals surface area contributed by atoms with Crippen LogP contribution in [0, 0.1) is 0 Å². The van der Waals surface area contributed by atoms with E-state index in [0.29, 0.717) is 12.8 Å². The summed E-state index contributed by atoms with van der Waals surface area (Å²) in [4.78, 5) is 13.1. The van der Waals surface area contributed by atoms with E-state index in [1.165, 1.54) is 12.1 Å². The second kappa shape index (κ2) is 7.89. The molecule has 0 saturated heterocycles. The van der Waals surface area contributed by atoms with Gasteiger partial charge in [0, 0.05) is 11.3 Å². The topological polar surface area (TPSA) is 38.3 Å². The highest BCUT2D eigenvalue weighted by Crippen LogP contribution is 2.21. The van der Waals surface area contributed by atoms with E-state index in [2.05, 4.69) is 10.1 Å². The minimum atomic E-state index is -2.86. The molecule has 1 aromatic heterocycles. The maximum Gasteiger partial charge on any atom is 0.387 e. The Hall–Kier alpha value is -1.95. The molecule has 0 radical (unpaired) electrons. The fraction of sp³-hybridized carbons (Fsp3) is 0.312. The average Bonchev–Trinajstić information content (AvgIpc) is 2.98. The van der Waals surface area contributed by atoms with Crippen LogP contribution in [0.5, 0.6) is 5.75 Å². The van der Waals surface area contributed by atoms with Crippen molar-refractivity contribution in [2.45, 2.75) is 32.4 Å². The number of thiophene rings is 1. The summed E-state index contributed by atoms with van der Waals surface area (Å²) in [6, 6.07) is 10.0. The average molecular weight is 325 g/mol. The molecule has 1 amide bonds. The summed E-state index contributed by atoms with van der Waals surface area (Å²) in [6.45, 7) is -1.05. The lowest BCUT2D eigenvalue weighted by atomic mass is 10.1.